The molecule has 25 heavy (non-hydrogen) atoms. The summed E-state index contributed by atoms with van der Waals surface area (Å²) in [6, 6.07) is 24.4. The van der Waals surface area contributed by atoms with E-state index in [-0.39, 0.29) is 0 Å². The summed E-state index contributed by atoms with van der Waals surface area (Å²) < 4.78 is 0. The van der Waals surface area contributed by atoms with E-state index >= 15 is 0 Å². The van der Waals surface area contributed by atoms with Gasteiger partial charge >= 0.3 is 0 Å². The summed E-state index contributed by atoms with van der Waals surface area (Å²) in [5, 5.41) is 0. The Kier molecular flexibility index (Phi) is 4.52. The summed E-state index contributed by atoms with van der Waals surface area (Å²) in [7, 11) is 0. The van der Waals surface area contributed by atoms with E-state index < -0.39 is 0 Å². The van der Waals surface area contributed by atoms with E-state index in [1.165, 1.54) is 52.6 Å². The van der Waals surface area contributed by atoms with Crippen molar-refractivity contribution in [3.05, 3.63) is 101 Å². The molecule has 1 aliphatic carbocycles. The van der Waals surface area contributed by atoms with Gasteiger partial charge in [0.2, 0.25) is 0 Å². The summed E-state index contributed by atoms with van der Waals surface area (Å²) >= 11 is 0. The first kappa shape index (κ1) is 15.9. The largest absolute Gasteiger partial charge is 0.0985 e. The van der Waals surface area contributed by atoms with Gasteiger partial charge in [-0.1, -0.05) is 79.4 Å². The third-order valence-electron chi connectivity index (χ3n) is 5.30. The molecule has 0 aliphatic heterocycles. The van der Waals surface area contributed by atoms with E-state index in [0.29, 0.717) is 0 Å². The molecule has 0 unspecified atom stereocenters. The number of benzene rings is 3. The standard InChI is InChI=1S/C25H24/c1-2-19-10-7-11-20(17-19)9-3-4-12-21-14-8-16-24-23-15-6-5-13-22(23)18-25(21)24/h2,5-8,10-11,13-17H,1,3-4,9,12,18H2. The average molecular weight is 324 g/mol. The molecule has 3 aromatic carbocycles. The highest BCUT2D eigenvalue weighted by atomic mass is 14.2. The van der Waals surface area contributed by atoms with Crippen LogP contribution in [0.25, 0.3) is 17.2 Å². The van der Waals surface area contributed by atoms with Gasteiger partial charge in [-0.05, 0) is 71.0 Å². The summed E-state index contributed by atoms with van der Waals surface area (Å²) in [4.78, 5) is 0. The Morgan fingerprint density at radius 3 is 2.52 bits per heavy atom. The third kappa shape index (κ3) is 3.30. The number of hydrogen-bond donors (Lipinski definition) is 0. The average Bonchev–Trinajstić information content (AvgIpc) is 3.05. The lowest BCUT2D eigenvalue weighted by Crippen LogP contribution is -1.94. The van der Waals surface area contributed by atoms with Gasteiger partial charge in [-0.15, -0.1) is 0 Å². The minimum Gasteiger partial charge on any atom is -0.0985 e. The molecule has 3 aromatic rings. The van der Waals surface area contributed by atoms with Crippen LogP contribution in [0.4, 0.5) is 0 Å². The highest BCUT2D eigenvalue weighted by molar-refractivity contribution is 5.77. The van der Waals surface area contributed by atoms with Gasteiger partial charge in [0.25, 0.3) is 0 Å². The molecule has 0 heteroatoms. The molecule has 1 aliphatic rings. The zero-order valence-electron chi connectivity index (χ0n) is 14.7. The van der Waals surface area contributed by atoms with Crippen LogP contribution in [-0.4, -0.2) is 0 Å². The van der Waals surface area contributed by atoms with Crippen molar-refractivity contribution in [3.8, 4) is 11.1 Å². The molecule has 0 heterocycles. The molecule has 0 N–H and O–H groups in total. The van der Waals surface area contributed by atoms with Crippen LogP contribution in [-0.2, 0) is 19.3 Å². The topological polar surface area (TPSA) is 0 Å². The van der Waals surface area contributed by atoms with E-state index in [9.17, 15) is 0 Å². The molecule has 0 nitrogen and oxygen atoms in total. The highest BCUT2D eigenvalue weighted by Crippen LogP contribution is 2.38. The van der Waals surface area contributed by atoms with Crippen LogP contribution in [0.15, 0.2) is 73.3 Å². The summed E-state index contributed by atoms with van der Waals surface area (Å²) in [6.45, 7) is 3.86. The van der Waals surface area contributed by atoms with Crippen molar-refractivity contribution in [2.24, 2.45) is 0 Å². The molecule has 0 saturated heterocycles. The minimum atomic E-state index is 1.10. The van der Waals surface area contributed by atoms with Gasteiger partial charge in [0.05, 0.1) is 0 Å². The highest BCUT2D eigenvalue weighted by Gasteiger charge is 2.19. The van der Waals surface area contributed by atoms with E-state index in [1.54, 1.807) is 5.56 Å². The van der Waals surface area contributed by atoms with Gasteiger partial charge in [0.15, 0.2) is 0 Å². The molecular weight excluding hydrogens is 300 g/mol. The van der Waals surface area contributed by atoms with E-state index in [0.717, 1.165) is 12.8 Å². The Bertz CT molecular complexity index is 901. The fourth-order valence-corrected chi connectivity index (χ4v) is 3.98. The van der Waals surface area contributed by atoms with E-state index in [4.69, 9.17) is 0 Å². The lowest BCUT2D eigenvalue weighted by Gasteiger charge is -2.09. The van der Waals surface area contributed by atoms with Gasteiger partial charge in [0.1, 0.15) is 0 Å². The maximum Gasteiger partial charge on any atom is -0.00107 e. The first-order valence-corrected chi connectivity index (χ1v) is 9.25. The molecule has 0 amide bonds. The van der Waals surface area contributed by atoms with Gasteiger partial charge in [-0.3, -0.25) is 0 Å². The van der Waals surface area contributed by atoms with E-state index in [1.807, 2.05) is 6.08 Å². The number of rotatable bonds is 6. The smallest absolute Gasteiger partial charge is 0.00107 e. The number of unbranched alkanes of at least 4 members (excludes halogenated alkanes) is 1. The maximum atomic E-state index is 3.86. The minimum absolute atomic E-state index is 1.10. The molecule has 0 saturated carbocycles. The summed E-state index contributed by atoms with van der Waals surface area (Å²) in [6.07, 6.45) is 7.83. The molecular formula is C25H24. The van der Waals surface area contributed by atoms with Gasteiger partial charge in [-0.2, -0.15) is 0 Å². The van der Waals surface area contributed by atoms with Gasteiger partial charge in [0, 0.05) is 0 Å². The molecule has 4 rings (SSSR count). The quantitative estimate of drug-likeness (QED) is 0.357. The Morgan fingerprint density at radius 1 is 0.800 bits per heavy atom. The monoisotopic (exact) mass is 324 g/mol. The molecule has 124 valence electrons. The fraction of sp³-hybridized carbons (Fsp3) is 0.200. The number of aryl methyl sites for hydroxylation is 2. The maximum absolute atomic E-state index is 3.86. The Labute approximate surface area is 150 Å². The van der Waals surface area contributed by atoms with Crippen molar-refractivity contribution in [2.75, 3.05) is 0 Å². The molecule has 0 fully saturated rings. The Morgan fingerprint density at radius 2 is 1.60 bits per heavy atom. The van der Waals surface area contributed by atoms with Crippen LogP contribution in [0, 0.1) is 0 Å². The lowest BCUT2D eigenvalue weighted by molar-refractivity contribution is 0.731. The predicted molar refractivity (Wildman–Crippen MR) is 108 cm³/mol. The van der Waals surface area contributed by atoms with Crippen molar-refractivity contribution in [1.82, 2.24) is 0 Å². The van der Waals surface area contributed by atoms with Crippen molar-refractivity contribution in [3.63, 3.8) is 0 Å². The van der Waals surface area contributed by atoms with Gasteiger partial charge < -0.3 is 0 Å². The number of hydrogen-bond acceptors (Lipinski definition) is 0. The van der Waals surface area contributed by atoms with Crippen molar-refractivity contribution in [1.29, 1.82) is 0 Å². The van der Waals surface area contributed by atoms with Crippen LogP contribution in [0.5, 0.6) is 0 Å². The SMILES string of the molecule is C=Cc1cccc(CCCCc2cccc3c2Cc2ccccc2-3)c1. The third-order valence-corrected chi connectivity index (χ3v) is 5.30. The molecule has 0 bridgehead atoms. The summed E-state index contributed by atoms with van der Waals surface area (Å²) in [5.74, 6) is 0. The van der Waals surface area contributed by atoms with Gasteiger partial charge in [-0.25, -0.2) is 0 Å². The molecule has 0 radical (unpaired) electrons. The van der Waals surface area contributed by atoms with Crippen LogP contribution >= 0.6 is 0 Å². The Balaban J connectivity index is 1.40. The molecule has 0 atom stereocenters. The van der Waals surface area contributed by atoms with Crippen LogP contribution < -0.4 is 0 Å². The van der Waals surface area contributed by atoms with E-state index in [2.05, 4.69) is 73.3 Å². The van der Waals surface area contributed by atoms with Crippen molar-refractivity contribution < 1.29 is 0 Å². The molecule has 0 aromatic heterocycles. The molecule has 0 spiro atoms. The first-order valence-electron chi connectivity index (χ1n) is 9.25. The van der Waals surface area contributed by atoms with Crippen LogP contribution in [0.3, 0.4) is 0 Å². The Hall–Kier alpha value is -2.60. The second kappa shape index (κ2) is 7.11. The zero-order chi connectivity index (χ0) is 17.1. The van der Waals surface area contributed by atoms with Crippen LogP contribution in [0.1, 0.15) is 40.7 Å². The fourth-order valence-electron chi connectivity index (χ4n) is 3.98. The van der Waals surface area contributed by atoms with Crippen LogP contribution in [0.2, 0.25) is 0 Å². The predicted octanol–water partition coefficient (Wildman–Crippen LogP) is 6.47. The normalized spacial score (nSPS) is 11.8. The second-order valence-corrected chi connectivity index (χ2v) is 6.93. The number of fused-ring (bicyclic) bond motifs is 3. The first-order chi connectivity index (χ1) is 12.3. The van der Waals surface area contributed by atoms with Crippen molar-refractivity contribution >= 4 is 6.08 Å². The summed E-state index contributed by atoms with van der Waals surface area (Å²) in [5.41, 5.74) is 10.1. The second-order valence-electron chi connectivity index (χ2n) is 6.93. The lowest BCUT2D eigenvalue weighted by atomic mass is 9.96. The zero-order valence-corrected chi connectivity index (χ0v) is 14.7. The van der Waals surface area contributed by atoms with Crippen molar-refractivity contribution in [2.45, 2.75) is 32.1 Å².